The molecule has 0 saturated carbocycles. The fourth-order valence-electron chi connectivity index (χ4n) is 3.91. The minimum Gasteiger partial charge on any atom is -0.484 e. The lowest BCUT2D eigenvalue weighted by Crippen LogP contribution is -2.53. The zero-order valence-electron chi connectivity index (χ0n) is 15.4. The van der Waals surface area contributed by atoms with Gasteiger partial charge in [-0.25, -0.2) is 0 Å². The van der Waals surface area contributed by atoms with Crippen LogP contribution in [0.3, 0.4) is 0 Å². The predicted octanol–water partition coefficient (Wildman–Crippen LogP) is 1.20. The van der Waals surface area contributed by atoms with E-state index in [1.807, 2.05) is 42.5 Å². The van der Waals surface area contributed by atoms with Gasteiger partial charge in [0.05, 0.1) is 6.04 Å². The van der Waals surface area contributed by atoms with Crippen LogP contribution in [0.5, 0.6) is 5.75 Å². The molecule has 2 bridgehead atoms. The van der Waals surface area contributed by atoms with Crippen LogP contribution in [-0.2, 0) is 14.3 Å². The third-order valence-electron chi connectivity index (χ3n) is 5.25. The van der Waals surface area contributed by atoms with Crippen LogP contribution in [0.15, 0.2) is 54.6 Å². The highest BCUT2D eigenvalue weighted by atomic mass is 16.5. The first kappa shape index (κ1) is 18.5. The molecule has 2 N–H and O–H groups in total. The molecule has 0 aromatic heterocycles. The molecule has 7 nitrogen and oxygen atoms in total. The number of ether oxygens (including phenoxy) is 2. The highest BCUT2D eigenvalue weighted by Crippen LogP contribution is 2.52. The van der Waals surface area contributed by atoms with Gasteiger partial charge in [0.25, 0.3) is 5.91 Å². The monoisotopic (exact) mass is 382 g/mol. The first-order valence-corrected chi connectivity index (χ1v) is 9.20. The average Bonchev–Trinajstić information content (AvgIpc) is 3.27. The lowest BCUT2D eigenvalue weighted by atomic mass is 9.85. The quantitative estimate of drug-likeness (QED) is 0.784. The highest BCUT2D eigenvalue weighted by Gasteiger charge is 2.55. The van der Waals surface area contributed by atoms with Crippen molar-refractivity contribution in [3.05, 3.63) is 65.7 Å². The zero-order chi connectivity index (χ0) is 19.7. The molecule has 1 saturated heterocycles. The number of aliphatic hydroxyl groups is 1. The first-order valence-electron chi connectivity index (χ1n) is 9.20. The maximum Gasteiger partial charge on any atom is 0.261 e. The number of carbonyl (C=O) groups is 2. The largest absolute Gasteiger partial charge is 0.484 e. The van der Waals surface area contributed by atoms with Gasteiger partial charge in [0.15, 0.2) is 6.61 Å². The number of likely N-dealkylation sites (N-methyl/N-ethyl adjacent to an activating group) is 1. The Kier molecular flexibility index (Phi) is 5.02. The van der Waals surface area contributed by atoms with E-state index in [9.17, 15) is 14.7 Å². The highest BCUT2D eigenvalue weighted by molar-refractivity contribution is 5.85. The zero-order valence-corrected chi connectivity index (χ0v) is 15.4. The van der Waals surface area contributed by atoms with Crippen molar-refractivity contribution in [2.75, 3.05) is 20.2 Å². The molecule has 2 aromatic rings. The van der Waals surface area contributed by atoms with E-state index in [1.54, 1.807) is 12.1 Å². The van der Waals surface area contributed by atoms with E-state index in [4.69, 9.17) is 9.47 Å². The summed E-state index contributed by atoms with van der Waals surface area (Å²) in [6.45, 7) is -0.410. The fraction of sp³-hybridized carbons (Fsp3) is 0.333. The molecule has 0 spiro atoms. The van der Waals surface area contributed by atoms with Crippen LogP contribution in [0, 0.1) is 0 Å². The van der Waals surface area contributed by atoms with Gasteiger partial charge in [0.1, 0.15) is 30.6 Å². The van der Waals surface area contributed by atoms with Gasteiger partial charge in [-0.05, 0) is 23.3 Å². The number of amides is 2. The first-order chi connectivity index (χ1) is 13.6. The van der Waals surface area contributed by atoms with Crippen molar-refractivity contribution in [1.29, 1.82) is 0 Å². The average molecular weight is 382 g/mol. The minimum absolute atomic E-state index is 0.177. The van der Waals surface area contributed by atoms with Crippen LogP contribution >= 0.6 is 0 Å². The second kappa shape index (κ2) is 7.61. The van der Waals surface area contributed by atoms with Gasteiger partial charge in [0, 0.05) is 7.05 Å². The molecule has 1 fully saturated rings. The van der Waals surface area contributed by atoms with E-state index in [-0.39, 0.29) is 25.0 Å². The van der Waals surface area contributed by atoms with Gasteiger partial charge < -0.3 is 24.8 Å². The van der Waals surface area contributed by atoms with E-state index >= 15 is 0 Å². The van der Waals surface area contributed by atoms with Gasteiger partial charge in [-0.1, -0.05) is 42.5 Å². The van der Waals surface area contributed by atoms with Crippen molar-refractivity contribution >= 4 is 11.8 Å². The number of carbonyl (C=O) groups excluding carboxylic acids is 2. The molecule has 28 heavy (non-hydrogen) atoms. The smallest absolute Gasteiger partial charge is 0.261 e. The normalized spacial score (nSPS) is 24.5. The topological polar surface area (TPSA) is 88.1 Å². The summed E-state index contributed by atoms with van der Waals surface area (Å²) in [7, 11) is 1.51. The van der Waals surface area contributed by atoms with E-state index < -0.39 is 24.4 Å². The van der Waals surface area contributed by atoms with Gasteiger partial charge in [0.2, 0.25) is 5.91 Å². The Bertz CT molecular complexity index is 872. The molecule has 2 aliphatic heterocycles. The molecular weight excluding hydrogens is 360 g/mol. The van der Waals surface area contributed by atoms with Crippen molar-refractivity contribution < 1.29 is 24.2 Å². The fourth-order valence-corrected chi connectivity index (χ4v) is 3.91. The number of benzene rings is 2. The van der Waals surface area contributed by atoms with Crippen LogP contribution in [0.4, 0.5) is 0 Å². The lowest BCUT2D eigenvalue weighted by Gasteiger charge is -2.35. The number of rotatable bonds is 6. The standard InChI is InChI=1S/C21H22N2O5/c1-22-16(24)11-23(17(25)12-27-13-7-3-2-4-8-13)18-19(26)21-15-10-6-5-9-14(15)20(18)28-21/h2-10,18-21,26H,11-12H2,1H3,(H,22,24)/t18-,19-,20-,21+/m0/s1. The van der Waals surface area contributed by atoms with E-state index in [1.165, 1.54) is 11.9 Å². The van der Waals surface area contributed by atoms with E-state index in [2.05, 4.69) is 5.32 Å². The molecule has 0 aliphatic carbocycles. The molecule has 7 heteroatoms. The summed E-state index contributed by atoms with van der Waals surface area (Å²) in [5.74, 6) is -0.146. The van der Waals surface area contributed by atoms with E-state index in [0.29, 0.717) is 5.75 Å². The van der Waals surface area contributed by atoms with Crippen molar-refractivity contribution in [3.8, 4) is 5.75 Å². The Labute approximate surface area is 162 Å². The molecule has 4 rings (SSSR count). The molecule has 146 valence electrons. The SMILES string of the molecule is CNC(=O)CN(C(=O)COc1ccccc1)[C@H]1[C@H](O)[C@@H]2O[C@H]1c1ccccc12. The van der Waals surface area contributed by atoms with Crippen LogP contribution in [0.1, 0.15) is 23.3 Å². The predicted molar refractivity (Wildman–Crippen MR) is 101 cm³/mol. The summed E-state index contributed by atoms with van der Waals surface area (Å²) in [5, 5.41) is 13.4. The van der Waals surface area contributed by atoms with Crippen molar-refractivity contribution in [3.63, 3.8) is 0 Å². The maximum absolute atomic E-state index is 12.9. The van der Waals surface area contributed by atoms with Crippen LogP contribution in [0.25, 0.3) is 0 Å². The third kappa shape index (κ3) is 3.23. The van der Waals surface area contributed by atoms with Crippen LogP contribution < -0.4 is 10.1 Å². The summed E-state index contributed by atoms with van der Waals surface area (Å²) in [4.78, 5) is 26.4. The Balaban J connectivity index is 1.56. The van der Waals surface area contributed by atoms with Gasteiger partial charge >= 0.3 is 0 Å². The number of nitrogens with zero attached hydrogens (tertiary/aromatic N) is 1. The number of nitrogens with one attached hydrogen (secondary N) is 1. The van der Waals surface area contributed by atoms with Gasteiger partial charge in [-0.15, -0.1) is 0 Å². The number of aliphatic hydroxyl groups excluding tert-OH is 1. The van der Waals surface area contributed by atoms with Gasteiger partial charge in [-0.3, -0.25) is 9.59 Å². The molecule has 2 aromatic carbocycles. The summed E-state index contributed by atoms with van der Waals surface area (Å²) in [6.07, 6.45) is -1.88. The summed E-state index contributed by atoms with van der Waals surface area (Å²) < 4.78 is 11.5. The Morgan fingerprint density at radius 3 is 2.39 bits per heavy atom. The second-order valence-electron chi connectivity index (χ2n) is 6.88. The van der Waals surface area contributed by atoms with Crippen molar-refractivity contribution in [2.45, 2.75) is 24.4 Å². The van der Waals surface area contributed by atoms with Crippen molar-refractivity contribution in [2.24, 2.45) is 0 Å². The summed E-state index contributed by atoms with van der Waals surface area (Å²) >= 11 is 0. The van der Waals surface area contributed by atoms with Crippen molar-refractivity contribution in [1.82, 2.24) is 10.2 Å². The number of hydrogen-bond donors (Lipinski definition) is 2. The molecule has 2 amide bonds. The number of hydrogen-bond acceptors (Lipinski definition) is 5. The molecule has 0 unspecified atom stereocenters. The van der Waals surface area contributed by atoms with Crippen LogP contribution in [-0.4, -0.2) is 54.2 Å². The molecule has 2 aliphatic rings. The Hall–Kier alpha value is -2.90. The summed E-state index contributed by atoms with van der Waals surface area (Å²) in [5.41, 5.74) is 1.88. The maximum atomic E-state index is 12.9. The van der Waals surface area contributed by atoms with E-state index in [0.717, 1.165) is 11.1 Å². The second-order valence-corrected chi connectivity index (χ2v) is 6.88. The Morgan fingerprint density at radius 1 is 1.07 bits per heavy atom. The number of fused-ring (bicyclic) bond motifs is 5. The minimum atomic E-state index is -0.912. The summed E-state index contributed by atoms with van der Waals surface area (Å²) in [6, 6.07) is 16.0. The van der Waals surface area contributed by atoms with Gasteiger partial charge in [-0.2, -0.15) is 0 Å². The molecular formula is C21H22N2O5. The molecule has 0 radical (unpaired) electrons. The Morgan fingerprint density at radius 2 is 1.71 bits per heavy atom. The van der Waals surface area contributed by atoms with Crippen LogP contribution in [0.2, 0.25) is 0 Å². The third-order valence-corrected chi connectivity index (χ3v) is 5.25. The molecule has 4 atom stereocenters. The number of para-hydroxylation sites is 1. The lowest BCUT2D eigenvalue weighted by molar-refractivity contribution is -0.143. The molecule has 2 heterocycles.